The number of nitrogens with zero attached hydrogens (tertiary/aromatic N) is 1. The van der Waals surface area contributed by atoms with Crippen LogP contribution in [0.2, 0.25) is 0 Å². The number of halogens is 1. The van der Waals surface area contributed by atoms with E-state index in [2.05, 4.69) is 21.2 Å². The van der Waals surface area contributed by atoms with Crippen LogP contribution in [0.3, 0.4) is 0 Å². The van der Waals surface area contributed by atoms with Crippen LogP contribution in [-0.4, -0.2) is 43.3 Å². The number of carbonyl (C=O) groups is 2. The van der Waals surface area contributed by atoms with Crippen molar-refractivity contribution in [3.63, 3.8) is 0 Å². The van der Waals surface area contributed by atoms with Crippen molar-refractivity contribution in [3.8, 4) is 0 Å². The van der Waals surface area contributed by atoms with E-state index in [9.17, 15) is 9.59 Å². The summed E-state index contributed by atoms with van der Waals surface area (Å²) in [5, 5.41) is 3.13. The van der Waals surface area contributed by atoms with Crippen LogP contribution in [0.5, 0.6) is 0 Å². The van der Waals surface area contributed by atoms with Gasteiger partial charge in [0.1, 0.15) is 0 Å². The van der Waals surface area contributed by atoms with E-state index in [-0.39, 0.29) is 23.7 Å². The molecule has 1 aromatic rings. The predicted molar refractivity (Wildman–Crippen MR) is 77.1 cm³/mol. The first kappa shape index (κ1) is 14.2. The van der Waals surface area contributed by atoms with Gasteiger partial charge in [0, 0.05) is 36.6 Å². The van der Waals surface area contributed by atoms with Crippen molar-refractivity contribution in [1.29, 1.82) is 0 Å². The maximum Gasteiger partial charge on any atom is 0.239 e. The zero-order valence-electron chi connectivity index (χ0n) is 11.0. The van der Waals surface area contributed by atoms with Crippen LogP contribution in [0, 0.1) is 5.92 Å². The van der Waals surface area contributed by atoms with Crippen LogP contribution in [0.1, 0.15) is 16.8 Å². The quantitative estimate of drug-likeness (QED) is 0.861. The fourth-order valence-electron chi connectivity index (χ4n) is 2.32. The van der Waals surface area contributed by atoms with Gasteiger partial charge in [0.05, 0.1) is 6.04 Å². The van der Waals surface area contributed by atoms with Crippen molar-refractivity contribution in [2.75, 3.05) is 20.6 Å². The number of nitrogens with one attached hydrogen (secondary N) is 1. The molecule has 1 fully saturated rings. The van der Waals surface area contributed by atoms with Gasteiger partial charge in [-0.2, -0.15) is 0 Å². The molecular weight excluding hydrogens is 308 g/mol. The average molecular weight is 325 g/mol. The Morgan fingerprint density at radius 2 is 2.00 bits per heavy atom. The average Bonchev–Trinajstić information content (AvgIpc) is 2.87. The number of carbonyl (C=O) groups excluding carboxylic acids is 2. The molecule has 0 bridgehead atoms. The molecule has 0 radical (unpaired) electrons. The summed E-state index contributed by atoms with van der Waals surface area (Å²) in [5.74, 6) is -0.0101. The topological polar surface area (TPSA) is 49.4 Å². The maximum absolute atomic E-state index is 12.4. The molecule has 0 aromatic heterocycles. The molecule has 1 saturated heterocycles. The molecule has 2 unspecified atom stereocenters. The summed E-state index contributed by atoms with van der Waals surface area (Å²) in [5.41, 5.74) is 0.687. The highest BCUT2D eigenvalue weighted by atomic mass is 79.9. The van der Waals surface area contributed by atoms with Crippen molar-refractivity contribution in [1.82, 2.24) is 10.2 Å². The first-order valence-electron chi connectivity index (χ1n) is 6.24. The first-order chi connectivity index (χ1) is 9.00. The lowest BCUT2D eigenvalue weighted by atomic mass is 9.95. The Hall–Kier alpha value is -1.20. The summed E-state index contributed by atoms with van der Waals surface area (Å²) < 4.78 is 0.808. The van der Waals surface area contributed by atoms with Gasteiger partial charge in [-0.3, -0.25) is 9.59 Å². The molecule has 0 spiro atoms. The molecular formula is C14H17BrN2O2. The van der Waals surface area contributed by atoms with Crippen LogP contribution >= 0.6 is 15.9 Å². The van der Waals surface area contributed by atoms with Crippen molar-refractivity contribution < 1.29 is 9.59 Å². The van der Waals surface area contributed by atoms with E-state index in [0.717, 1.165) is 4.47 Å². The number of amides is 1. The lowest BCUT2D eigenvalue weighted by Gasteiger charge is -2.16. The van der Waals surface area contributed by atoms with Crippen LogP contribution in [0.15, 0.2) is 28.7 Å². The molecule has 1 heterocycles. The maximum atomic E-state index is 12.4. The van der Waals surface area contributed by atoms with E-state index < -0.39 is 0 Å². The van der Waals surface area contributed by atoms with Crippen molar-refractivity contribution in [2.45, 2.75) is 12.5 Å². The monoisotopic (exact) mass is 324 g/mol. The Morgan fingerprint density at radius 1 is 1.32 bits per heavy atom. The molecule has 1 amide bonds. The molecule has 2 rings (SSSR count). The Morgan fingerprint density at radius 3 is 2.63 bits per heavy atom. The summed E-state index contributed by atoms with van der Waals surface area (Å²) in [6.07, 6.45) is 0.567. The minimum Gasteiger partial charge on any atom is -0.347 e. The number of rotatable bonds is 3. The molecule has 1 aromatic carbocycles. The molecule has 1 aliphatic heterocycles. The van der Waals surface area contributed by atoms with Crippen molar-refractivity contribution >= 4 is 27.6 Å². The molecule has 5 heteroatoms. The van der Waals surface area contributed by atoms with Gasteiger partial charge in [0.2, 0.25) is 5.91 Å². The Balaban J connectivity index is 2.07. The van der Waals surface area contributed by atoms with Crippen LogP contribution in [-0.2, 0) is 4.79 Å². The molecule has 4 nitrogen and oxygen atoms in total. The lowest BCUT2D eigenvalue weighted by Crippen LogP contribution is -2.39. The van der Waals surface area contributed by atoms with E-state index in [1.54, 1.807) is 19.0 Å². The highest BCUT2D eigenvalue weighted by Gasteiger charge is 2.34. The Labute approximate surface area is 121 Å². The zero-order valence-corrected chi connectivity index (χ0v) is 12.6. The minimum absolute atomic E-state index is 0.0300. The van der Waals surface area contributed by atoms with Crippen LogP contribution in [0.4, 0.5) is 0 Å². The van der Waals surface area contributed by atoms with Gasteiger partial charge in [0.15, 0.2) is 5.78 Å². The third kappa shape index (κ3) is 3.04. The fraction of sp³-hybridized carbons (Fsp3) is 0.429. The number of hydrogen-bond donors (Lipinski definition) is 1. The van der Waals surface area contributed by atoms with Gasteiger partial charge in [-0.15, -0.1) is 0 Å². The number of hydrogen-bond acceptors (Lipinski definition) is 3. The van der Waals surface area contributed by atoms with Crippen LogP contribution in [0.25, 0.3) is 0 Å². The smallest absolute Gasteiger partial charge is 0.239 e. The van der Waals surface area contributed by atoms with Crippen LogP contribution < -0.4 is 5.32 Å². The highest BCUT2D eigenvalue weighted by molar-refractivity contribution is 9.10. The van der Waals surface area contributed by atoms with E-state index >= 15 is 0 Å². The zero-order chi connectivity index (χ0) is 14.0. The van der Waals surface area contributed by atoms with E-state index in [4.69, 9.17) is 0 Å². The first-order valence-corrected chi connectivity index (χ1v) is 7.03. The Kier molecular flexibility index (Phi) is 4.37. The number of ketones is 1. The summed E-state index contributed by atoms with van der Waals surface area (Å²) in [6, 6.07) is 7.16. The number of Topliss-reactive ketones (excluding diaryl/α,β-unsaturated/α-hetero) is 1. The molecule has 1 N–H and O–H groups in total. The van der Waals surface area contributed by atoms with Gasteiger partial charge in [-0.25, -0.2) is 0 Å². The fourth-order valence-corrected chi connectivity index (χ4v) is 2.80. The molecule has 19 heavy (non-hydrogen) atoms. The molecule has 0 saturated carbocycles. The molecule has 102 valence electrons. The summed E-state index contributed by atoms with van der Waals surface area (Å²) in [6.45, 7) is 0.560. The van der Waals surface area contributed by atoms with Crippen molar-refractivity contribution in [3.05, 3.63) is 34.3 Å². The molecule has 0 aliphatic carbocycles. The molecule has 1 aliphatic rings. The largest absolute Gasteiger partial charge is 0.347 e. The van der Waals surface area contributed by atoms with Gasteiger partial charge in [-0.05, 0) is 12.5 Å². The van der Waals surface area contributed by atoms with E-state index in [0.29, 0.717) is 18.5 Å². The second-order valence-electron chi connectivity index (χ2n) is 4.97. The number of benzene rings is 1. The van der Waals surface area contributed by atoms with Gasteiger partial charge < -0.3 is 10.2 Å². The highest BCUT2D eigenvalue weighted by Crippen LogP contribution is 2.24. The molecule has 2 atom stereocenters. The summed E-state index contributed by atoms with van der Waals surface area (Å²) in [7, 11) is 3.46. The summed E-state index contributed by atoms with van der Waals surface area (Å²) in [4.78, 5) is 25.8. The van der Waals surface area contributed by atoms with Crippen molar-refractivity contribution in [2.24, 2.45) is 5.92 Å². The Bertz CT molecular complexity index is 502. The minimum atomic E-state index is -0.244. The third-order valence-electron chi connectivity index (χ3n) is 3.38. The summed E-state index contributed by atoms with van der Waals surface area (Å²) >= 11 is 3.39. The second-order valence-corrected chi connectivity index (χ2v) is 5.82. The number of likely N-dealkylation sites (N-methyl/N-ethyl adjacent to an activating group) is 1. The standard InChI is InChI=1S/C14H17BrN2O2/c1-17(2)14(19)12-7-9(8-16-12)13(18)10-5-3-4-6-11(10)15/h3-6,9,12,16H,7-8H2,1-2H3. The SMILES string of the molecule is CN(C)C(=O)C1CC(C(=O)c2ccccc2Br)CN1. The van der Waals surface area contributed by atoms with Gasteiger partial charge in [0.25, 0.3) is 0 Å². The van der Waals surface area contributed by atoms with E-state index in [1.807, 2.05) is 24.3 Å². The second kappa shape index (κ2) is 5.84. The van der Waals surface area contributed by atoms with E-state index in [1.165, 1.54) is 0 Å². The van der Waals surface area contributed by atoms with Gasteiger partial charge in [-0.1, -0.05) is 34.1 Å². The third-order valence-corrected chi connectivity index (χ3v) is 4.07. The predicted octanol–water partition coefficient (Wildman–Crippen LogP) is 1.70. The van der Waals surface area contributed by atoms with Gasteiger partial charge >= 0.3 is 0 Å². The normalized spacial score (nSPS) is 22.3. The lowest BCUT2D eigenvalue weighted by molar-refractivity contribution is -0.130.